The van der Waals surface area contributed by atoms with Gasteiger partial charge in [0.1, 0.15) is 5.75 Å². The number of aromatic amines is 1. The average molecular weight is 258 g/mol. The van der Waals surface area contributed by atoms with E-state index < -0.39 is 0 Å². The van der Waals surface area contributed by atoms with Gasteiger partial charge in [-0.05, 0) is 18.1 Å². The molecule has 0 saturated heterocycles. The summed E-state index contributed by atoms with van der Waals surface area (Å²) in [5, 5.41) is 12.1. The number of H-pyrrole nitrogens is 1. The first-order chi connectivity index (χ1) is 9.24. The number of nitrogens with one attached hydrogen (secondary N) is 2. The molecule has 6 heteroatoms. The summed E-state index contributed by atoms with van der Waals surface area (Å²) in [4.78, 5) is 22.8. The average Bonchev–Trinajstić information content (AvgIpc) is 3.02. The highest BCUT2D eigenvalue weighted by Gasteiger charge is 2.44. The van der Waals surface area contributed by atoms with Crippen molar-refractivity contribution < 1.29 is 9.90 Å². The van der Waals surface area contributed by atoms with Crippen LogP contribution in [0.2, 0.25) is 0 Å². The van der Waals surface area contributed by atoms with Crippen molar-refractivity contribution in [2.45, 2.75) is 18.9 Å². The quantitative estimate of drug-likeness (QED) is 0.760. The minimum absolute atomic E-state index is 0.0192. The first kappa shape index (κ1) is 11.7. The largest absolute Gasteiger partial charge is 0.506 e. The molecule has 19 heavy (non-hydrogen) atoms. The van der Waals surface area contributed by atoms with E-state index in [1.165, 1.54) is 6.20 Å². The van der Waals surface area contributed by atoms with Crippen LogP contribution in [0.3, 0.4) is 0 Å². The predicted octanol–water partition coefficient (Wildman–Crippen LogP) is 0.930. The van der Waals surface area contributed by atoms with Crippen LogP contribution in [0, 0.1) is 5.92 Å². The minimum atomic E-state index is 0.0192. The molecule has 0 bridgehead atoms. The second-order valence-electron chi connectivity index (χ2n) is 4.72. The molecule has 0 unspecified atom stereocenters. The maximum absolute atomic E-state index is 11.9. The Morgan fingerprint density at radius 2 is 2.32 bits per heavy atom. The van der Waals surface area contributed by atoms with Gasteiger partial charge < -0.3 is 15.4 Å². The van der Waals surface area contributed by atoms with Gasteiger partial charge in [0, 0.05) is 36.5 Å². The Hall–Kier alpha value is -2.37. The van der Waals surface area contributed by atoms with Gasteiger partial charge in [-0.1, -0.05) is 0 Å². The Labute approximate surface area is 109 Å². The van der Waals surface area contributed by atoms with Gasteiger partial charge in [0.25, 0.3) is 0 Å². The molecule has 2 aromatic rings. The lowest BCUT2D eigenvalue weighted by Gasteiger charge is -2.04. The predicted molar refractivity (Wildman–Crippen MR) is 67.2 cm³/mol. The number of hydrogen-bond acceptors (Lipinski definition) is 4. The zero-order chi connectivity index (χ0) is 13.2. The molecule has 0 aliphatic heterocycles. The van der Waals surface area contributed by atoms with E-state index in [-0.39, 0.29) is 23.5 Å². The van der Waals surface area contributed by atoms with Gasteiger partial charge in [-0.25, -0.2) is 4.98 Å². The number of aromatic nitrogens is 3. The van der Waals surface area contributed by atoms with Crippen molar-refractivity contribution in [3.8, 4) is 5.75 Å². The van der Waals surface area contributed by atoms with E-state index >= 15 is 0 Å². The Morgan fingerprint density at radius 1 is 1.42 bits per heavy atom. The van der Waals surface area contributed by atoms with Gasteiger partial charge in [0.15, 0.2) is 0 Å². The van der Waals surface area contributed by atoms with Crippen molar-refractivity contribution in [1.29, 1.82) is 0 Å². The maximum atomic E-state index is 11.9. The van der Waals surface area contributed by atoms with E-state index in [2.05, 4.69) is 20.3 Å². The Morgan fingerprint density at radius 3 is 3.05 bits per heavy atom. The lowest BCUT2D eigenvalue weighted by atomic mass is 10.2. The van der Waals surface area contributed by atoms with Gasteiger partial charge >= 0.3 is 0 Å². The fraction of sp³-hybridized carbons (Fsp3) is 0.308. The number of nitrogens with zero attached hydrogens (tertiary/aromatic N) is 2. The van der Waals surface area contributed by atoms with Gasteiger partial charge in [-0.15, -0.1) is 0 Å². The fourth-order valence-electron chi connectivity index (χ4n) is 2.19. The zero-order valence-electron chi connectivity index (χ0n) is 10.2. The molecule has 1 aliphatic carbocycles. The molecule has 3 rings (SSSR count). The molecule has 2 atom stereocenters. The molecule has 2 heterocycles. The molecule has 0 spiro atoms. The summed E-state index contributed by atoms with van der Waals surface area (Å²) >= 11 is 0. The monoisotopic (exact) mass is 258 g/mol. The number of rotatable bonds is 4. The summed E-state index contributed by atoms with van der Waals surface area (Å²) in [6.45, 7) is 0.381. The molecule has 98 valence electrons. The molecule has 1 saturated carbocycles. The van der Waals surface area contributed by atoms with E-state index in [4.69, 9.17) is 0 Å². The molecule has 2 aromatic heterocycles. The SMILES string of the molecule is O=C(NCc1cncc(O)c1)[C@@H]1C[C@H]1c1cnc[nH]1. The van der Waals surface area contributed by atoms with E-state index in [0.717, 1.165) is 17.7 Å². The van der Waals surface area contributed by atoms with Crippen molar-refractivity contribution >= 4 is 5.91 Å². The van der Waals surface area contributed by atoms with Gasteiger partial charge in [0.05, 0.1) is 12.5 Å². The van der Waals surface area contributed by atoms with Crippen molar-refractivity contribution in [2.24, 2.45) is 5.92 Å². The normalized spacial score (nSPS) is 21.1. The fourth-order valence-corrected chi connectivity index (χ4v) is 2.19. The molecule has 0 aromatic carbocycles. The van der Waals surface area contributed by atoms with E-state index in [1.807, 2.05) is 0 Å². The molecule has 3 N–H and O–H groups in total. The summed E-state index contributed by atoms with van der Waals surface area (Å²) < 4.78 is 0. The molecular weight excluding hydrogens is 244 g/mol. The number of amides is 1. The summed E-state index contributed by atoms with van der Waals surface area (Å²) in [6.07, 6.45) is 7.23. The van der Waals surface area contributed by atoms with Crippen LogP contribution in [0.1, 0.15) is 23.6 Å². The Bertz CT molecular complexity index is 582. The van der Waals surface area contributed by atoms with Crippen LogP contribution < -0.4 is 5.32 Å². The third-order valence-electron chi connectivity index (χ3n) is 3.29. The summed E-state index contributed by atoms with van der Waals surface area (Å²) in [6, 6.07) is 1.59. The molecule has 6 nitrogen and oxygen atoms in total. The number of imidazole rings is 1. The van der Waals surface area contributed by atoms with Crippen LogP contribution in [0.15, 0.2) is 31.0 Å². The van der Waals surface area contributed by atoms with E-state index in [9.17, 15) is 9.90 Å². The number of pyridine rings is 1. The first-order valence-corrected chi connectivity index (χ1v) is 6.13. The highest BCUT2D eigenvalue weighted by Crippen LogP contribution is 2.46. The number of carbonyl (C=O) groups excluding carboxylic acids is 1. The first-order valence-electron chi connectivity index (χ1n) is 6.13. The van der Waals surface area contributed by atoms with Gasteiger partial charge in [0.2, 0.25) is 5.91 Å². The minimum Gasteiger partial charge on any atom is -0.506 e. The van der Waals surface area contributed by atoms with Crippen molar-refractivity contribution in [3.63, 3.8) is 0 Å². The molecular formula is C13H14N4O2. The van der Waals surface area contributed by atoms with Crippen molar-refractivity contribution in [2.75, 3.05) is 0 Å². The summed E-state index contributed by atoms with van der Waals surface area (Å²) in [7, 11) is 0. The molecule has 1 aliphatic rings. The topological polar surface area (TPSA) is 90.9 Å². The third-order valence-corrected chi connectivity index (χ3v) is 3.29. The van der Waals surface area contributed by atoms with Crippen molar-refractivity contribution in [1.82, 2.24) is 20.3 Å². The Balaban J connectivity index is 1.53. The second-order valence-corrected chi connectivity index (χ2v) is 4.72. The maximum Gasteiger partial charge on any atom is 0.224 e. The van der Waals surface area contributed by atoms with Gasteiger partial charge in [-0.2, -0.15) is 0 Å². The lowest BCUT2D eigenvalue weighted by molar-refractivity contribution is -0.122. The molecule has 1 amide bonds. The summed E-state index contributed by atoms with van der Waals surface area (Å²) in [5.41, 5.74) is 1.80. The molecule has 1 fully saturated rings. The van der Waals surface area contributed by atoms with E-state index in [0.29, 0.717) is 6.54 Å². The van der Waals surface area contributed by atoms with Crippen molar-refractivity contribution in [3.05, 3.63) is 42.2 Å². The van der Waals surface area contributed by atoms with Gasteiger partial charge in [-0.3, -0.25) is 9.78 Å². The highest BCUT2D eigenvalue weighted by molar-refractivity contribution is 5.82. The summed E-state index contributed by atoms with van der Waals surface area (Å²) in [5.74, 6) is 0.409. The van der Waals surface area contributed by atoms with Crippen LogP contribution in [-0.4, -0.2) is 26.0 Å². The van der Waals surface area contributed by atoms with Crippen LogP contribution in [-0.2, 0) is 11.3 Å². The third kappa shape index (κ3) is 2.57. The number of aromatic hydroxyl groups is 1. The van der Waals surface area contributed by atoms with Crippen LogP contribution in [0.5, 0.6) is 5.75 Å². The number of hydrogen-bond donors (Lipinski definition) is 3. The second kappa shape index (κ2) is 4.72. The van der Waals surface area contributed by atoms with E-state index in [1.54, 1.807) is 24.8 Å². The van der Waals surface area contributed by atoms with Crippen LogP contribution >= 0.6 is 0 Å². The lowest BCUT2D eigenvalue weighted by Crippen LogP contribution is -2.24. The standard InChI is InChI=1S/C13H14N4O2/c18-9-1-8(3-14-5-9)4-16-13(19)11-2-10(11)12-6-15-7-17-12/h1,3,5-7,10-11,18H,2,4H2,(H,15,17)(H,16,19)/t10-,11-/m1/s1. The number of carbonyl (C=O) groups is 1. The van der Waals surface area contributed by atoms with Crippen LogP contribution in [0.25, 0.3) is 0 Å². The van der Waals surface area contributed by atoms with Crippen LogP contribution in [0.4, 0.5) is 0 Å². The Kier molecular flexibility index (Phi) is 2.91. The smallest absolute Gasteiger partial charge is 0.224 e. The zero-order valence-corrected chi connectivity index (χ0v) is 10.2. The highest BCUT2D eigenvalue weighted by atomic mass is 16.3. The molecule has 0 radical (unpaired) electrons.